The topological polar surface area (TPSA) is 110 Å². The first-order valence-corrected chi connectivity index (χ1v) is 7.61. The molecule has 0 heterocycles. The Kier molecular flexibility index (Phi) is 6.48. The van der Waals surface area contributed by atoms with Crippen molar-refractivity contribution < 1.29 is 34.1 Å². The molecule has 0 saturated carbocycles. The van der Waals surface area contributed by atoms with E-state index in [4.69, 9.17) is 9.47 Å². The molecule has 1 rings (SSSR count). The Hall–Kier alpha value is -2.41. The Balaban J connectivity index is 3.31. The van der Waals surface area contributed by atoms with E-state index in [1.54, 1.807) is 13.8 Å². The molecule has 0 saturated heterocycles. The van der Waals surface area contributed by atoms with Crippen LogP contribution in [0.2, 0.25) is 0 Å². The molecule has 0 aliphatic heterocycles. The van der Waals surface area contributed by atoms with Crippen LogP contribution in [0.15, 0.2) is 35.6 Å². The maximum absolute atomic E-state index is 12.1. The highest BCUT2D eigenvalue weighted by Crippen LogP contribution is 2.38. The van der Waals surface area contributed by atoms with Crippen LogP contribution in [0.3, 0.4) is 0 Å². The first-order valence-electron chi connectivity index (χ1n) is 7.61. The molecular weight excluding hydrogens is 316 g/mol. The first-order chi connectivity index (χ1) is 11.2. The first kappa shape index (κ1) is 19.6. The highest BCUT2D eigenvalue weighted by molar-refractivity contribution is 5.93. The number of carbonyl (C=O) groups excluding carboxylic acids is 2. The van der Waals surface area contributed by atoms with E-state index < -0.39 is 29.4 Å². The summed E-state index contributed by atoms with van der Waals surface area (Å²) in [5.74, 6) is -4.75. The number of carboxylic acid groups (broad SMARTS) is 1. The van der Waals surface area contributed by atoms with Crippen LogP contribution in [-0.2, 0) is 23.9 Å². The van der Waals surface area contributed by atoms with Crippen LogP contribution >= 0.6 is 0 Å². The van der Waals surface area contributed by atoms with Crippen LogP contribution < -0.4 is 0 Å². The molecule has 24 heavy (non-hydrogen) atoms. The van der Waals surface area contributed by atoms with Gasteiger partial charge in [0.25, 0.3) is 0 Å². The second kappa shape index (κ2) is 7.92. The van der Waals surface area contributed by atoms with Crippen molar-refractivity contribution in [1.29, 1.82) is 0 Å². The van der Waals surface area contributed by atoms with E-state index in [0.717, 1.165) is 0 Å². The van der Waals surface area contributed by atoms with Gasteiger partial charge in [0.2, 0.25) is 5.60 Å². The van der Waals surface area contributed by atoms with Gasteiger partial charge in [0.1, 0.15) is 11.7 Å². The van der Waals surface area contributed by atoms with Crippen LogP contribution in [0, 0.1) is 5.92 Å². The number of rotatable bonds is 7. The lowest BCUT2D eigenvalue weighted by Gasteiger charge is -2.34. The standard InChI is InChI=1S/C17H22O7/c1-5-9-23-15(19)12-7-8-13(24-14(18)10(3)4)11(6-2)17(12,22)16(20)21/h7-8,12,22H,3,5-6,9H2,1-2,4H3,(H,20,21). The lowest BCUT2D eigenvalue weighted by atomic mass is 9.76. The maximum Gasteiger partial charge on any atom is 0.341 e. The fraction of sp³-hybridized carbons (Fsp3) is 0.471. The van der Waals surface area contributed by atoms with Crippen molar-refractivity contribution >= 4 is 17.9 Å². The number of esters is 2. The molecule has 0 amide bonds. The molecule has 7 heteroatoms. The molecule has 0 aromatic heterocycles. The minimum Gasteiger partial charge on any atom is -0.479 e. The zero-order valence-electron chi connectivity index (χ0n) is 14.0. The smallest absolute Gasteiger partial charge is 0.341 e. The van der Waals surface area contributed by atoms with Gasteiger partial charge in [0, 0.05) is 11.1 Å². The molecule has 0 radical (unpaired) electrons. The Bertz CT molecular complexity index is 614. The summed E-state index contributed by atoms with van der Waals surface area (Å²) in [5.41, 5.74) is -2.50. The van der Waals surface area contributed by atoms with E-state index >= 15 is 0 Å². The molecule has 0 bridgehead atoms. The fourth-order valence-corrected chi connectivity index (χ4v) is 2.33. The molecule has 2 unspecified atom stereocenters. The minimum atomic E-state index is -2.54. The van der Waals surface area contributed by atoms with Crippen molar-refractivity contribution in [1.82, 2.24) is 0 Å². The van der Waals surface area contributed by atoms with Crippen LogP contribution in [-0.4, -0.2) is 40.3 Å². The summed E-state index contributed by atoms with van der Waals surface area (Å²) in [6.45, 7) is 8.38. The number of carbonyl (C=O) groups is 3. The van der Waals surface area contributed by atoms with Gasteiger partial charge in [-0.15, -0.1) is 0 Å². The molecule has 0 fully saturated rings. The van der Waals surface area contributed by atoms with Gasteiger partial charge >= 0.3 is 17.9 Å². The van der Waals surface area contributed by atoms with E-state index in [-0.39, 0.29) is 29.9 Å². The van der Waals surface area contributed by atoms with Crippen LogP contribution in [0.4, 0.5) is 0 Å². The third kappa shape index (κ3) is 3.73. The third-order valence-corrected chi connectivity index (χ3v) is 3.58. The van der Waals surface area contributed by atoms with Crippen molar-refractivity contribution in [2.75, 3.05) is 6.61 Å². The van der Waals surface area contributed by atoms with Gasteiger partial charge in [-0.25, -0.2) is 9.59 Å². The fourth-order valence-electron chi connectivity index (χ4n) is 2.33. The summed E-state index contributed by atoms with van der Waals surface area (Å²) in [6, 6.07) is 0. The number of hydrogen-bond donors (Lipinski definition) is 2. The molecule has 0 aromatic rings. The molecule has 0 spiro atoms. The van der Waals surface area contributed by atoms with E-state index in [1.807, 2.05) is 0 Å². The van der Waals surface area contributed by atoms with Gasteiger partial charge in [-0.05, 0) is 25.8 Å². The van der Waals surface area contributed by atoms with Gasteiger partial charge in [0.05, 0.1) is 6.61 Å². The Morgan fingerprint density at radius 1 is 1.33 bits per heavy atom. The largest absolute Gasteiger partial charge is 0.479 e. The van der Waals surface area contributed by atoms with Crippen LogP contribution in [0.1, 0.15) is 33.6 Å². The summed E-state index contributed by atoms with van der Waals surface area (Å²) in [5, 5.41) is 20.3. The minimum absolute atomic E-state index is 0.0590. The van der Waals surface area contributed by atoms with Gasteiger partial charge in [0.15, 0.2) is 0 Å². The highest BCUT2D eigenvalue weighted by atomic mass is 16.5. The monoisotopic (exact) mass is 338 g/mol. The van der Waals surface area contributed by atoms with Crippen molar-refractivity contribution in [3.8, 4) is 0 Å². The molecule has 132 valence electrons. The molecule has 0 aromatic carbocycles. The Morgan fingerprint density at radius 2 is 1.96 bits per heavy atom. The number of aliphatic hydroxyl groups is 1. The van der Waals surface area contributed by atoms with Crippen LogP contribution in [0.25, 0.3) is 0 Å². The van der Waals surface area contributed by atoms with Crippen molar-refractivity contribution in [3.05, 3.63) is 35.6 Å². The number of allylic oxidation sites excluding steroid dienone is 1. The number of hydrogen-bond acceptors (Lipinski definition) is 6. The van der Waals surface area contributed by atoms with Gasteiger partial charge in [-0.1, -0.05) is 26.5 Å². The summed E-state index contributed by atoms with van der Waals surface area (Å²) in [7, 11) is 0. The predicted octanol–water partition coefficient (Wildman–Crippen LogP) is 1.72. The molecule has 2 atom stereocenters. The second-order valence-corrected chi connectivity index (χ2v) is 5.44. The van der Waals surface area contributed by atoms with Gasteiger partial charge < -0.3 is 19.7 Å². The van der Waals surface area contributed by atoms with Crippen molar-refractivity contribution in [2.45, 2.75) is 39.2 Å². The molecule has 1 aliphatic rings. The quantitative estimate of drug-likeness (QED) is 0.537. The van der Waals surface area contributed by atoms with Crippen molar-refractivity contribution in [2.24, 2.45) is 5.92 Å². The van der Waals surface area contributed by atoms with Crippen molar-refractivity contribution in [3.63, 3.8) is 0 Å². The van der Waals surface area contributed by atoms with Crippen LogP contribution in [0.5, 0.6) is 0 Å². The van der Waals surface area contributed by atoms with E-state index in [1.165, 1.54) is 19.1 Å². The molecule has 2 N–H and O–H groups in total. The summed E-state index contributed by atoms with van der Waals surface area (Å²) >= 11 is 0. The summed E-state index contributed by atoms with van der Waals surface area (Å²) < 4.78 is 10.1. The number of carboxylic acids is 1. The Morgan fingerprint density at radius 3 is 2.42 bits per heavy atom. The maximum atomic E-state index is 12.1. The highest BCUT2D eigenvalue weighted by Gasteiger charge is 2.53. The average molecular weight is 338 g/mol. The summed E-state index contributed by atoms with van der Waals surface area (Å²) in [6.07, 6.45) is 3.09. The average Bonchev–Trinajstić information content (AvgIpc) is 2.52. The number of ether oxygens (including phenoxy) is 2. The molecular formula is C17H22O7. The zero-order valence-corrected chi connectivity index (χ0v) is 14.0. The normalized spacial score (nSPS) is 22.9. The van der Waals surface area contributed by atoms with Gasteiger partial charge in [-0.3, -0.25) is 4.79 Å². The van der Waals surface area contributed by atoms with Gasteiger partial charge in [-0.2, -0.15) is 0 Å². The SMILES string of the molecule is C=C(C)C(=O)OC1=C(CC)C(O)(C(=O)O)C(C(=O)OCCC)C=C1. The lowest BCUT2D eigenvalue weighted by molar-refractivity contribution is -0.170. The van der Waals surface area contributed by atoms with E-state index in [2.05, 4.69) is 6.58 Å². The third-order valence-electron chi connectivity index (χ3n) is 3.58. The second-order valence-electron chi connectivity index (χ2n) is 5.44. The molecule has 7 nitrogen and oxygen atoms in total. The summed E-state index contributed by atoms with van der Waals surface area (Å²) in [4.78, 5) is 35.5. The number of aliphatic carboxylic acids is 1. The van der Waals surface area contributed by atoms with E-state index in [0.29, 0.717) is 6.42 Å². The molecule has 1 aliphatic carbocycles. The zero-order chi connectivity index (χ0) is 18.5. The Labute approximate surface area is 140 Å². The predicted molar refractivity (Wildman–Crippen MR) is 84.7 cm³/mol. The lowest BCUT2D eigenvalue weighted by Crippen LogP contribution is -2.52. The van der Waals surface area contributed by atoms with E-state index in [9.17, 15) is 24.6 Å².